The van der Waals surface area contributed by atoms with Crippen LogP contribution in [0.1, 0.15) is 45.3 Å². The molecule has 0 radical (unpaired) electrons. The minimum Gasteiger partial charge on any atom is -0.314 e. The van der Waals surface area contributed by atoms with Crippen LogP contribution in [0.5, 0.6) is 0 Å². The average molecular weight is 264 g/mol. The average Bonchev–Trinajstić information content (AvgIpc) is 2.94. The third-order valence-corrected chi connectivity index (χ3v) is 4.05. The van der Waals surface area contributed by atoms with Crippen molar-refractivity contribution in [2.45, 2.75) is 52.2 Å². The summed E-state index contributed by atoms with van der Waals surface area (Å²) in [5.41, 5.74) is 1.39. The largest absolute Gasteiger partial charge is 0.314 e. The molecule has 2 unspecified atom stereocenters. The summed E-state index contributed by atoms with van der Waals surface area (Å²) in [6.07, 6.45) is 4.36. The van der Waals surface area contributed by atoms with Crippen LogP contribution in [0, 0.1) is 5.92 Å². The van der Waals surface area contributed by atoms with E-state index in [2.05, 4.69) is 53.9 Å². The van der Waals surface area contributed by atoms with Gasteiger partial charge in [-0.1, -0.05) is 20.8 Å². The summed E-state index contributed by atoms with van der Waals surface area (Å²) < 4.78 is 2.19. The van der Waals surface area contributed by atoms with E-state index in [1.165, 1.54) is 18.7 Å². The molecule has 1 aliphatic rings. The number of hydrogen-bond acceptors (Lipinski definition) is 3. The first kappa shape index (κ1) is 14.5. The summed E-state index contributed by atoms with van der Waals surface area (Å²) >= 11 is 0. The van der Waals surface area contributed by atoms with Crippen molar-refractivity contribution in [1.82, 2.24) is 20.0 Å². The molecule has 108 valence electrons. The van der Waals surface area contributed by atoms with Gasteiger partial charge in [-0.15, -0.1) is 0 Å². The summed E-state index contributed by atoms with van der Waals surface area (Å²) in [6, 6.07) is 3.28. The maximum absolute atomic E-state index is 4.48. The SMILES string of the molecule is CCCn1nccc1C1C(CNC(C)C)CCN1C. The quantitative estimate of drug-likeness (QED) is 0.856. The van der Waals surface area contributed by atoms with Crippen LogP contribution in [0.2, 0.25) is 0 Å². The minimum atomic E-state index is 0.514. The third kappa shape index (κ3) is 3.37. The Morgan fingerprint density at radius 3 is 2.95 bits per heavy atom. The van der Waals surface area contributed by atoms with Crippen LogP contribution in [0.3, 0.4) is 0 Å². The van der Waals surface area contributed by atoms with Crippen molar-refractivity contribution in [2.24, 2.45) is 5.92 Å². The van der Waals surface area contributed by atoms with Crippen LogP contribution >= 0.6 is 0 Å². The number of nitrogens with one attached hydrogen (secondary N) is 1. The second kappa shape index (κ2) is 6.53. The normalized spacial score (nSPS) is 24.5. The van der Waals surface area contributed by atoms with E-state index in [9.17, 15) is 0 Å². The van der Waals surface area contributed by atoms with E-state index in [-0.39, 0.29) is 0 Å². The van der Waals surface area contributed by atoms with Crippen LogP contribution in [0.25, 0.3) is 0 Å². The minimum absolute atomic E-state index is 0.514. The van der Waals surface area contributed by atoms with Crippen molar-refractivity contribution in [2.75, 3.05) is 20.1 Å². The molecule has 4 nitrogen and oxygen atoms in total. The van der Waals surface area contributed by atoms with Crippen LogP contribution in [-0.4, -0.2) is 40.9 Å². The molecule has 0 amide bonds. The zero-order valence-corrected chi connectivity index (χ0v) is 12.8. The van der Waals surface area contributed by atoms with Gasteiger partial charge < -0.3 is 5.32 Å². The summed E-state index contributed by atoms with van der Waals surface area (Å²) in [7, 11) is 2.24. The van der Waals surface area contributed by atoms with E-state index in [4.69, 9.17) is 0 Å². The van der Waals surface area contributed by atoms with Gasteiger partial charge in [-0.2, -0.15) is 5.10 Å². The molecule has 0 bridgehead atoms. The molecule has 1 saturated heterocycles. The fourth-order valence-corrected chi connectivity index (χ4v) is 3.09. The first-order chi connectivity index (χ1) is 9.13. The van der Waals surface area contributed by atoms with Crippen molar-refractivity contribution in [3.05, 3.63) is 18.0 Å². The van der Waals surface area contributed by atoms with Crippen LogP contribution in [0.15, 0.2) is 12.3 Å². The lowest BCUT2D eigenvalue weighted by Gasteiger charge is -2.26. The van der Waals surface area contributed by atoms with Crippen LogP contribution in [-0.2, 0) is 6.54 Å². The van der Waals surface area contributed by atoms with Gasteiger partial charge in [0.05, 0.1) is 11.7 Å². The van der Waals surface area contributed by atoms with Gasteiger partial charge in [0.2, 0.25) is 0 Å². The summed E-state index contributed by atoms with van der Waals surface area (Å²) in [4.78, 5) is 2.48. The Kier molecular flexibility index (Phi) is 4.99. The van der Waals surface area contributed by atoms with E-state index in [1.807, 2.05) is 6.20 Å². The fraction of sp³-hybridized carbons (Fsp3) is 0.800. The molecule has 0 spiro atoms. The van der Waals surface area contributed by atoms with E-state index >= 15 is 0 Å². The molecule has 19 heavy (non-hydrogen) atoms. The molecule has 0 aromatic carbocycles. The third-order valence-electron chi connectivity index (χ3n) is 4.05. The number of aryl methyl sites for hydroxylation is 1. The molecular weight excluding hydrogens is 236 g/mol. The van der Waals surface area contributed by atoms with Crippen molar-refractivity contribution >= 4 is 0 Å². The Morgan fingerprint density at radius 1 is 1.47 bits per heavy atom. The maximum Gasteiger partial charge on any atom is 0.0559 e. The molecule has 2 heterocycles. The van der Waals surface area contributed by atoms with Crippen molar-refractivity contribution in [3.8, 4) is 0 Å². The topological polar surface area (TPSA) is 33.1 Å². The number of aromatic nitrogens is 2. The highest BCUT2D eigenvalue weighted by molar-refractivity contribution is 5.11. The second-order valence-electron chi connectivity index (χ2n) is 6.02. The predicted octanol–water partition coefficient (Wildman–Crippen LogP) is 2.28. The van der Waals surface area contributed by atoms with Gasteiger partial charge in [0, 0.05) is 25.3 Å². The molecule has 4 heteroatoms. The van der Waals surface area contributed by atoms with E-state index < -0.39 is 0 Å². The van der Waals surface area contributed by atoms with E-state index in [1.54, 1.807) is 0 Å². The lowest BCUT2D eigenvalue weighted by molar-refractivity contribution is 0.254. The van der Waals surface area contributed by atoms with Gasteiger partial charge in [0.1, 0.15) is 0 Å². The number of hydrogen-bond donors (Lipinski definition) is 1. The molecule has 2 atom stereocenters. The molecule has 0 saturated carbocycles. The number of likely N-dealkylation sites (tertiary alicyclic amines) is 1. The van der Waals surface area contributed by atoms with Gasteiger partial charge in [-0.3, -0.25) is 9.58 Å². The van der Waals surface area contributed by atoms with Crippen LogP contribution < -0.4 is 5.32 Å². The van der Waals surface area contributed by atoms with Crippen LogP contribution in [0.4, 0.5) is 0 Å². The molecule has 0 aliphatic carbocycles. The lowest BCUT2D eigenvalue weighted by atomic mass is 9.97. The van der Waals surface area contributed by atoms with E-state index in [0.29, 0.717) is 18.0 Å². The standard InChI is InChI=1S/C15H28N4/c1-5-9-19-14(6-8-17-19)15-13(7-10-18(15)4)11-16-12(2)3/h6,8,12-13,15-16H,5,7,9-11H2,1-4H3. The highest BCUT2D eigenvalue weighted by atomic mass is 15.3. The summed E-state index contributed by atoms with van der Waals surface area (Å²) in [5, 5.41) is 8.08. The van der Waals surface area contributed by atoms with Gasteiger partial charge in [0.15, 0.2) is 0 Å². The number of nitrogens with zero attached hydrogens (tertiary/aromatic N) is 3. The Labute approximate surface area is 117 Å². The van der Waals surface area contributed by atoms with Gasteiger partial charge in [-0.05, 0) is 38.4 Å². The summed E-state index contributed by atoms with van der Waals surface area (Å²) in [6.45, 7) is 9.96. The Hall–Kier alpha value is -0.870. The zero-order valence-electron chi connectivity index (χ0n) is 12.8. The van der Waals surface area contributed by atoms with Gasteiger partial charge in [-0.25, -0.2) is 0 Å². The van der Waals surface area contributed by atoms with Crippen molar-refractivity contribution in [1.29, 1.82) is 0 Å². The molecule has 1 aliphatic heterocycles. The fourth-order valence-electron chi connectivity index (χ4n) is 3.09. The monoisotopic (exact) mass is 264 g/mol. The molecule has 1 N–H and O–H groups in total. The first-order valence-corrected chi connectivity index (χ1v) is 7.58. The molecular formula is C15H28N4. The van der Waals surface area contributed by atoms with E-state index in [0.717, 1.165) is 19.5 Å². The van der Waals surface area contributed by atoms with Gasteiger partial charge >= 0.3 is 0 Å². The molecule has 1 aromatic rings. The summed E-state index contributed by atoms with van der Waals surface area (Å²) in [5.74, 6) is 0.694. The van der Waals surface area contributed by atoms with Crippen molar-refractivity contribution < 1.29 is 0 Å². The molecule has 1 fully saturated rings. The highest BCUT2D eigenvalue weighted by Gasteiger charge is 2.34. The Bertz CT molecular complexity index is 385. The zero-order chi connectivity index (χ0) is 13.8. The lowest BCUT2D eigenvalue weighted by Crippen LogP contribution is -2.33. The first-order valence-electron chi connectivity index (χ1n) is 7.58. The Morgan fingerprint density at radius 2 is 2.26 bits per heavy atom. The van der Waals surface area contributed by atoms with Crippen molar-refractivity contribution in [3.63, 3.8) is 0 Å². The highest BCUT2D eigenvalue weighted by Crippen LogP contribution is 2.35. The molecule has 2 rings (SSSR count). The number of rotatable bonds is 6. The Balaban J connectivity index is 2.11. The van der Waals surface area contributed by atoms with Gasteiger partial charge in [0.25, 0.3) is 0 Å². The maximum atomic E-state index is 4.48. The smallest absolute Gasteiger partial charge is 0.0559 e. The molecule has 1 aromatic heterocycles. The predicted molar refractivity (Wildman–Crippen MR) is 79.1 cm³/mol. The second-order valence-corrected chi connectivity index (χ2v) is 6.02.